The lowest BCUT2D eigenvalue weighted by atomic mass is 10.1. The second-order valence-electron chi connectivity index (χ2n) is 5.34. The van der Waals surface area contributed by atoms with Gasteiger partial charge in [-0.2, -0.15) is 0 Å². The van der Waals surface area contributed by atoms with E-state index in [9.17, 15) is 20.0 Å². The minimum Gasteiger partial charge on any atom is -0.507 e. The Labute approximate surface area is 132 Å². The minimum atomic E-state index is -0.637. The molecule has 0 aliphatic rings. The summed E-state index contributed by atoms with van der Waals surface area (Å²) in [5.74, 6) is -0.236. The van der Waals surface area contributed by atoms with E-state index in [1.165, 1.54) is 12.1 Å². The number of aryl methyl sites for hydroxylation is 2. The van der Waals surface area contributed by atoms with Crippen molar-refractivity contribution in [1.29, 1.82) is 0 Å². The molecule has 2 aromatic rings. The van der Waals surface area contributed by atoms with Gasteiger partial charge >= 0.3 is 0 Å². The average molecular weight is 319 g/mol. The third-order valence-corrected chi connectivity index (χ3v) is 3.51. The number of aromatic hydroxyl groups is 1. The molecule has 0 bridgehead atoms. The van der Waals surface area contributed by atoms with E-state index in [1.807, 2.05) is 13.8 Å². The molecule has 0 unspecified atom stereocenters. The van der Waals surface area contributed by atoms with E-state index in [1.54, 1.807) is 6.92 Å². The van der Waals surface area contributed by atoms with Crippen LogP contribution in [0.4, 0.5) is 5.69 Å². The van der Waals surface area contributed by atoms with Crippen molar-refractivity contribution in [3.63, 3.8) is 0 Å². The van der Waals surface area contributed by atoms with Gasteiger partial charge in [0.2, 0.25) is 0 Å². The number of nitro benzene ring substituents is 1. The molecule has 0 fully saturated rings. The molecular formula is C15H17N3O5. The maximum atomic E-state index is 12.2. The first-order chi connectivity index (χ1) is 10.8. The van der Waals surface area contributed by atoms with Crippen LogP contribution < -0.4 is 5.32 Å². The Kier molecular flexibility index (Phi) is 4.63. The molecule has 2 rings (SSSR count). The number of carbonyl (C=O) groups is 1. The van der Waals surface area contributed by atoms with Crippen molar-refractivity contribution in [3.05, 3.63) is 50.9 Å². The van der Waals surface area contributed by atoms with E-state index in [4.69, 9.17) is 4.52 Å². The van der Waals surface area contributed by atoms with Crippen LogP contribution in [0.15, 0.2) is 22.7 Å². The Morgan fingerprint density at radius 3 is 2.70 bits per heavy atom. The molecule has 23 heavy (non-hydrogen) atoms. The highest BCUT2D eigenvalue weighted by atomic mass is 16.6. The second-order valence-corrected chi connectivity index (χ2v) is 5.34. The number of nitrogens with one attached hydrogen (secondary N) is 1. The topological polar surface area (TPSA) is 119 Å². The monoisotopic (exact) mass is 319 g/mol. The summed E-state index contributed by atoms with van der Waals surface area (Å²) in [6.45, 7) is 5.43. The van der Waals surface area contributed by atoms with E-state index in [2.05, 4.69) is 10.5 Å². The van der Waals surface area contributed by atoms with Crippen molar-refractivity contribution >= 4 is 11.6 Å². The van der Waals surface area contributed by atoms with Crippen LogP contribution in [0.3, 0.4) is 0 Å². The Hall–Kier alpha value is -2.90. The molecule has 8 nitrogen and oxygen atoms in total. The molecule has 1 aromatic carbocycles. The molecule has 1 aromatic heterocycles. The Morgan fingerprint density at radius 2 is 2.17 bits per heavy atom. The van der Waals surface area contributed by atoms with E-state index >= 15 is 0 Å². The molecule has 1 atom stereocenters. The number of benzene rings is 1. The third-order valence-electron chi connectivity index (χ3n) is 3.51. The Bertz CT molecular complexity index is 734. The van der Waals surface area contributed by atoms with Crippen LogP contribution in [0.25, 0.3) is 0 Å². The number of amides is 1. The highest BCUT2D eigenvalue weighted by molar-refractivity contribution is 5.97. The molecule has 1 heterocycles. The lowest BCUT2D eigenvalue weighted by Crippen LogP contribution is -2.34. The largest absolute Gasteiger partial charge is 0.507 e. The number of carbonyl (C=O) groups excluding carboxylic acids is 1. The van der Waals surface area contributed by atoms with E-state index < -0.39 is 16.6 Å². The van der Waals surface area contributed by atoms with Crippen LogP contribution in [-0.4, -0.2) is 27.1 Å². The van der Waals surface area contributed by atoms with Crippen molar-refractivity contribution in [2.75, 3.05) is 0 Å². The summed E-state index contributed by atoms with van der Waals surface area (Å²) >= 11 is 0. The van der Waals surface area contributed by atoms with Crippen molar-refractivity contribution < 1.29 is 19.3 Å². The maximum absolute atomic E-state index is 12.2. The van der Waals surface area contributed by atoms with Crippen molar-refractivity contribution in [2.24, 2.45) is 0 Å². The van der Waals surface area contributed by atoms with E-state index in [-0.39, 0.29) is 17.3 Å². The van der Waals surface area contributed by atoms with Crippen LogP contribution in [0, 0.1) is 24.0 Å². The van der Waals surface area contributed by atoms with Crippen LogP contribution in [0.1, 0.15) is 34.3 Å². The first-order valence-electron chi connectivity index (χ1n) is 6.99. The summed E-state index contributed by atoms with van der Waals surface area (Å²) in [6, 6.07) is 3.13. The first kappa shape index (κ1) is 16.5. The summed E-state index contributed by atoms with van der Waals surface area (Å²) in [6.07, 6.45) is 0.528. The van der Waals surface area contributed by atoms with Gasteiger partial charge in [0.1, 0.15) is 11.5 Å². The Morgan fingerprint density at radius 1 is 1.48 bits per heavy atom. The second kappa shape index (κ2) is 6.47. The molecule has 0 saturated carbocycles. The summed E-state index contributed by atoms with van der Waals surface area (Å²) in [7, 11) is 0. The number of nitro groups is 1. The molecule has 0 saturated heterocycles. The minimum absolute atomic E-state index is 0.0128. The van der Waals surface area contributed by atoms with E-state index in [0.717, 1.165) is 17.3 Å². The van der Waals surface area contributed by atoms with Crippen molar-refractivity contribution in [2.45, 2.75) is 33.2 Å². The normalized spacial score (nSPS) is 12.0. The molecule has 2 N–H and O–H groups in total. The van der Waals surface area contributed by atoms with Gasteiger partial charge in [0.15, 0.2) is 0 Å². The van der Waals surface area contributed by atoms with Gasteiger partial charge < -0.3 is 14.9 Å². The molecule has 0 radical (unpaired) electrons. The van der Waals surface area contributed by atoms with Crippen LogP contribution in [-0.2, 0) is 6.42 Å². The molecule has 0 spiro atoms. The molecule has 0 aliphatic heterocycles. The molecular weight excluding hydrogens is 302 g/mol. The summed E-state index contributed by atoms with van der Waals surface area (Å²) < 4.78 is 5.07. The van der Waals surface area contributed by atoms with Gasteiger partial charge in [-0.1, -0.05) is 5.16 Å². The highest BCUT2D eigenvalue weighted by Crippen LogP contribution is 2.23. The van der Waals surface area contributed by atoms with Crippen molar-refractivity contribution in [3.8, 4) is 5.75 Å². The van der Waals surface area contributed by atoms with Crippen LogP contribution in [0.5, 0.6) is 5.75 Å². The third kappa shape index (κ3) is 3.65. The SMILES string of the molecule is Cc1noc(C)c1C[C@H](C)NC(=O)c1ccc([N+](=O)[O-])cc1O. The highest BCUT2D eigenvalue weighted by Gasteiger charge is 2.19. The lowest BCUT2D eigenvalue weighted by Gasteiger charge is -2.14. The number of nitrogens with zero attached hydrogens (tertiary/aromatic N) is 2. The number of hydrogen-bond acceptors (Lipinski definition) is 6. The van der Waals surface area contributed by atoms with Gasteiger partial charge in [-0.3, -0.25) is 14.9 Å². The van der Waals surface area contributed by atoms with Gasteiger partial charge in [-0.15, -0.1) is 0 Å². The zero-order chi connectivity index (χ0) is 17.1. The van der Waals surface area contributed by atoms with Gasteiger partial charge in [-0.25, -0.2) is 0 Å². The number of aromatic nitrogens is 1. The fraction of sp³-hybridized carbons (Fsp3) is 0.333. The lowest BCUT2D eigenvalue weighted by molar-refractivity contribution is -0.384. The summed E-state index contributed by atoms with van der Waals surface area (Å²) in [4.78, 5) is 22.2. The fourth-order valence-corrected chi connectivity index (χ4v) is 2.28. The van der Waals surface area contributed by atoms with Gasteiger partial charge in [0.05, 0.1) is 22.2 Å². The fourth-order valence-electron chi connectivity index (χ4n) is 2.28. The molecule has 8 heteroatoms. The molecule has 0 aliphatic carbocycles. The van der Waals surface area contributed by atoms with Crippen LogP contribution >= 0.6 is 0 Å². The zero-order valence-electron chi connectivity index (χ0n) is 13.0. The smallest absolute Gasteiger partial charge is 0.273 e. The average Bonchev–Trinajstić information content (AvgIpc) is 2.78. The Balaban J connectivity index is 2.08. The van der Waals surface area contributed by atoms with Gasteiger partial charge in [0, 0.05) is 17.7 Å². The predicted molar refractivity (Wildman–Crippen MR) is 81.4 cm³/mol. The number of phenols is 1. The number of hydrogen-bond donors (Lipinski definition) is 2. The van der Waals surface area contributed by atoms with Gasteiger partial charge in [-0.05, 0) is 33.3 Å². The predicted octanol–water partition coefficient (Wildman–Crippen LogP) is 2.27. The quantitative estimate of drug-likeness (QED) is 0.644. The number of rotatable bonds is 5. The zero-order valence-corrected chi connectivity index (χ0v) is 13.0. The number of non-ortho nitro benzene ring substituents is 1. The summed E-state index contributed by atoms with van der Waals surface area (Å²) in [5.41, 5.74) is 1.40. The maximum Gasteiger partial charge on any atom is 0.273 e. The number of phenolic OH excluding ortho intramolecular Hbond substituents is 1. The summed E-state index contributed by atoms with van der Waals surface area (Å²) in [5, 5.41) is 27.0. The van der Waals surface area contributed by atoms with Crippen molar-refractivity contribution in [1.82, 2.24) is 10.5 Å². The van der Waals surface area contributed by atoms with Crippen LogP contribution in [0.2, 0.25) is 0 Å². The van der Waals surface area contributed by atoms with Gasteiger partial charge in [0.25, 0.3) is 11.6 Å². The first-order valence-corrected chi connectivity index (χ1v) is 6.99. The molecule has 122 valence electrons. The standard InChI is InChI=1S/C15H17N3O5/c1-8(6-13-9(2)17-23-10(13)3)16-15(20)12-5-4-11(18(21)22)7-14(12)19/h4-5,7-8,19H,6H2,1-3H3,(H,16,20)/t8-/m0/s1. The van der Waals surface area contributed by atoms with E-state index in [0.29, 0.717) is 12.2 Å². The molecule has 1 amide bonds.